The Labute approximate surface area is 432 Å². The summed E-state index contributed by atoms with van der Waals surface area (Å²) >= 11 is 0. The maximum absolute atomic E-state index is 15.8. The molecule has 2 bridgehead atoms. The average molecular weight is 1010 g/mol. The Balaban J connectivity index is 1.07. The molecule has 6 aliphatic rings. The number of nitrogens with zero attached hydrogens (tertiary/aromatic N) is 3. The molecule has 1 aliphatic carbocycles. The number of hydrogen-bond acceptors (Lipinski definition) is 12. The fraction of sp³-hybridized carbons (Fsp3) is 0.458. The van der Waals surface area contributed by atoms with Gasteiger partial charge in [-0.15, -0.1) is 0 Å². The topological polar surface area (TPSA) is 175 Å². The summed E-state index contributed by atoms with van der Waals surface area (Å²) in [6, 6.07) is 28.6. The summed E-state index contributed by atoms with van der Waals surface area (Å²) in [7, 11) is 6.17. The van der Waals surface area contributed by atoms with Crippen molar-refractivity contribution in [3.8, 4) is 16.9 Å². The van der Waals surface area contributed by atoms with Crippen molar-refractivity contribution in [2.45, 2.75) is 99.5 Å². The van der Waals surface area contributed by atoms with Gasteiger partial charge in [0.15, 0.2) is 6.10 Å². The lowest BCUT2D eigenvalue weighted by atomic mass is 9.47. The van der Waals surface area contributed by atoms with Crippen molar-refractivity contribution in [1.82, 2.24) is 20.1 Å². The third-order valence-corrected chi connectivity index (χ3v) is 18.3. The van der Waals surface area contributed by atoms with E-state index >= 15 is 4.79 Å². The first-order chi connectivity index (χ1) is 35.7. The van der Waals surface area contributed by atoms with Crippen LogP contribution in [0.2, 0.25) is 0 Å². The molecule has 1 saturated carbocycles. The Morgan fingerprint density at radius 3 is 2.27 bits per heavy atom. The van der Waals surface area contributed by atoms with Gasteiger partial charge >= 0.3 is 23.9 Å². The summed E-state index contributed by atoms with van der Waals surface area (Å²) in [4.78, 5) is 68.4. The summed E-state index contributed by atoms with van der Waals surface area (Å²) in [5, 5.41) is 21.1. The molecule has 1 unspecified atom stereocenters. The second kappa shape index (κ2) is 18.3. The van der Waals surface area contributed by atoms with Gasteiger partial charge in [-0.3, -0.25) is 14.5 Å². The normalized spacial score (nSPS) is 31.6. The Kier molecular flexibility index (Phi) is 12.3. The van der Waals surface area contributed by atoms with Crippen LogP contribution < -0.4 is 20.3 Å². The lowest BCUT2D eigenvalue weighted by molar-refractivity contribution is -0.228. The van der Waals surface area contributed by atoms with Crippen LogP contribution in [0.15, 0.2) is 103 Å². The number of methoxy groups -OCH3 is 3. The molecule has 1 aromatic heterocycles. The summed E-state index contributed by atoms with van der Waals surface area (Å²) < 4.78 is 24.3. The fourth-order valence-electron chi connectivity index (χ4n) is 15.5. The highest BCUT2D eigenvalue weighted by molar-refractivity contribution is 5.95. The van der Waals surface area contributed by atoms with Gasteiger partial charge in [0.1, 0.15) is 11.2 Å². The molecule has 10 atom stereocenters. The monoisotopic (exact) mass is 1000 g/mol. The molecule has 11 rings (SSSR count). The van der Waals surface area contributed by atoms with Crippen LogP contribution in [-0.4, -0.2) is 134 Å². The highest BCUT2D eigenvalue weighted by Gasteiger charge is 2.80. The highest BCUT2D eigenvalue weighted by Crippen LogP contribution is 2.68. The zero-order valence-corrected chi connectivity index (χ0v) is 43.5. The van der Waals surface area contributed by atoms with Gasteiger partial charge in [-0.25, -0.2) is 9.59 Å². The number of nitrogens with one attached hydrogen (secondary N) is 3. The van der Waals surface area contributed by atoms with Crippen LogP contribution in [0.5, 0.6) is 5.75 Å². The number of carbonyl (C=O) groups is 4. The first-order valence-corrected chi connectivity index (χ1v) is 26.2. The Morgan fingerprint density at radius 2 is 1.57 bits per heavy atom. The maximum atomic E-state index is 15.8. The number of para-hydroxylation sites is 1. The van der Waals surface area contributed by atoms with E-state index in [2.05, 4.69) is 68.8 Å². The van der Waals surface area contributed by atoms with Gasteiger partial charge < -0.3 is 49.5 Å². The van der Waals surface area contributed by atoms with Crippen molar-refractivity contribution in [1.29, 1.82) is 0 Å². The number of H-pyrrole nitrogens is 1. The van der Waals surface area contributed by atoms with Crippen molar-refractivity contribution in [3.05, 3.63) is 126 Å². The molecular weight excluding hydrogens is 937 g/mol. The molecule has 3 fully saturated rings. The van der Waals surface area contributed by atoms with E-state index in [0.717, 1.165) is 44.5 Å². The van der Waals surface area contributed by atoms with Gasteiger partial charge in [-0.1, -0.05) is 86.7 Å². The minimum atomic E-state index is -2.34. The molecule has 1 spiro atoms. The minimum Gasteiger partial charge on any atom is -0.496 e. The quantitative estimate of drug-likeness (QED) is 0.0618. The number of urea groups is 1. The van der Waals surface area contributed by atoms with Gasteiger partial charge in [-0.2, -0.15) is 0 Å². The van der Waals surface area contributed by atoms with Crippen LogP contribution in [0.25, 0.3) is 22.0 Å². The van der Waals surface area contributed by atoms with Crippen molar-refractivity contribution >= 4 is 46.2 Å². The number of esters is 3. The minimum absolute atomic E-state index is 0.154. The number of piperidine rings is 1. The molecule has 5 aromatic rings. The van der Waals surface area contributed by atoms with Gasteiger partial charge in [0.25, 0.3) is 0 Å². The molecule has 15 heteroatoms. The number of amides is 2. The van der Waals surface area contributed by atoms with Crippen molar-refractivity contribution < 1.29 is 43.2 Å². The fourth-order valence-corrected chi connectivity index (χ4v) is 15.5. The lowest BCUT2D eigenvalue weighted by Gasteiger charge is -2.63. The molecule has 15 nitrogen and oxygen atoms in total. The van der Waals surface area contributed by atoms with Crippen LogP contribution in [0.4, 0.5) is 16.2 Å². The number of rotatable bonds is 10. The highest BCUT2D eigenvalue weighted by atomic mass is 16.6. The number of aromatic nitrogens is 1. The van der Waals surface area contributed by atoms with Crippen molar-refractivity contribution in [3.63, 3.8) is 0 Å². The molecular formula is C59H68N6O9. The Morgan fingerprint density at radius 1 is 0.838 bits per heavy atom. The predicted octanol–water partition coefficient (Wildman–Crippen LogP) is 7.49. The molecule has 6 heterocycles. The molecule has 2 saturated heterocycles. The molecule has 2 amide bonds. The Hall–Kier alpha value is -6.68. The second-order valence-corrected chi connectivity index (χ2v) is 21.8. The number of likely N-dealkylation sites (N-methyl/N-ethyl adjacent to an activating group) is 1. The SMILES string of the molecule is CC[C@]1(NC(=O)Nc2ccc(-c3ccccc3)cc2)C[C@@H]2CN(CCc3c([nH]c4ccccc34)[C@@](C(=O)OC)(c3cc4c(cc3OC)N(C)[C@H]3[C@@](O)(C(=O)OC)[C@H](OC(C)=O)[C@]5(CC)C=CCN6CC[C@]43[C@@H]65)C2)C1. The summed E-state index contributed by atoms with van der Waals surface area (Å²) in [5.74, 6) is -1.69. The van der Waals surface area contributed by atoms with Gasteiger partial charge in [-0.05, 0) is 97.5 Å². The summed E-state index contributed by atoms with van der Waals surface area (Å²) in [6.07, 6.45) is 5.90. The number of fused-ring (bicyclic) bond motifs is 6. The summed E-state index contributed by atoms with van der Waals surface area (Å²) in [5.41, 5.74) is 1.13. The number of carbonyl (C=O) groups excluding carboxylic acids is 4. The van der Waals surface area contributed by atoms with E-state index in [-0.39, 0.29) is 18.0 Å². The largest absolute Gasteiger partial charge is 0.496 e. The Bertz CT molecular complexity index is 3070. The molecule has 74 heavy (non-hydrogen) atoms. The number of hydrogen-bond donors (Lipinski definition) is 4. The predicted molar refractivity (Wildman–Crippen MR) is 282 cm³/mol. The van der Waals surface area contributed by atoms with E-state index in [1.165, 1.54) is 21.1 Å². The molecule has 5 aliphatic heterocycles. The van der Waals surface area contributed by atoms with Crippen LogP contribution in [0.3, 0.4) is 0 Å². The first-order valence-electron chi connectivity index (χ1n) is 26.2. The lowest BCUT2D eigenvalue weighted by Crippen LogP contribution is -2.81. The van der Waals surface area contributed by atoms with Crippen LogP contribution in [0.1, 0.15) is 75.3 Å². The van der Waals surface area contributed by atoms with E-state index in [4.69, 9.17) is 18.9 Å². The van der Waals surface area contributed by atoms with E-state index in [1.54, 1.807) is 7.11 Å². The third kappa shape index (κ3) is 7.16. The number of aromatic amines is 1. The van der Waals surface area contributed by atoms with Crippen LogP contribution in [0, 0.1) is 11.3 Å². The van der Waals surface area contributed by atoms with Crippen molar-refractivity contribution in [2.75, 3.05) is 71.3 Å². The first kappa shape index (κ1) is 49.5. The van der Waals surface area contributed by atoms with Gasteiger partial charge in [0.2, 0.25) is 5.60 Å². The molecule has 388 valence electrons. The third-order valence-electron chi connectivity index (χ3n) is 18.3. The molecule has 4 N–H and O–H groups in total. The molecule has 0 radical (unpaired) electrons. The smallest absolute Gasteiger partial charge is 0.344 e. The van der Waals surface area contributed by atoms with E-state index in [9.17, 15) is 19.5 Å². The average Bonchev–Trinajstić information content (AvgIpc) is 4.08. The number of aliphatic hydroxyl groups is 1. The van der Waals surface area contributed by atoms with E-state index in [1.807, 2.05) is 85.6 Å². The number of ether oxygens (including phenoxy) is 4. The van der Waals surface area contributed by atoms with Crippen LogP contribution in [-0.2, 0) is 45.8 Å². The standard InChI is InChI=1S/C59H68N6O9/c1-8-55(62-54(69)60-40-22-20-39(21-23-40)38-16-11-10-12-17-38)32-37-33-58(52(67)72-6,48-42(24-28-64(34-37)35-55)41-18-13-14-19-45(41)61-48)44-30-43-46(31-47(44)71-5)63(4)50-57(43)26-29-65-27-15-25-56(9-2,49(57)65)51(74-36(3)66)59(50,70)53(68)73-7/h10-23,25,30-31,37,49-51,61,70H,8-9,24,26-29,32-35H2,1-7H3,(H2,60,62,69)/t37-,49-,50+,51+,55-,56+,57+,58-,59-/m0/s1. The second-order valence-electron chi connectivity index (χ2n) is 21.8. The zero-order chi connectivity index (χ0) is 52.0. The van der Waals surface area contributed by atoms with Crippen LogP contribution >= 0.6 is 0 Å². The van der Waals surface area contributed by atoms with Crippen molar-refractivity contribution in [2.24, 2.45) is 11.3 Å². The van der Waals surface area contributed by atoms with E-state index in [0.29, 0.717) is 88.2 Å². The number of anilines is 2. The zero-order valence-electron chi connectivity index (χ0n) is 43.5. The van der Waals surface area contributed by atoms with E-state index < -0.39 is 57.4 Å². The maximum Gasteiger partial charge on any atom is 0.344 e. The van der Waals surface area contributed by atoms with Gasteiger partial charge in [0.05, 0.1) is 32.9 Å². The summed E-state index contributed by atoms with van der Waals surface area (Å²) in [6.45, 7) is 8.65. The molecule has 4 aromatic carbocycles. The number of benzene rings is 4. The van der Waals surface area contributed by atoms with Gasteiger partial charge in [0, 0.05) is 96.6 Å².